The van der Waals surface area contributed by atoms with E-state index in [4.69, 9.17) is 5.73 Å². The highest BCUT2D eigenvalue weighted by atomic mass is 32.2. The molecule has 2 atom stereocenters. The van der Waals surface area contributed by atoms with Crippen LogP contribution in [-0.4, -0.2) is 27.2 Å². The lowest BCUT2D eigenvalue weighted by atomic mass is 10.0. The topological polar surface area (TPSA) is 83.5 Å². The van der Waals surface area contributed by atoms with E-state index in [0.717, 1.165) is 17.8 Å². The first kappa shape index (κ1) is 14.0. The molecule has 4 N–H and O–H groups in total. The van der Waals surface area contributed by atoms with Crippen LogP contribution in [0.2, 0.25) is 0 Å². The van der Waals surface area contributed by atoms with Crippen LogP contribution in [0.5, 0.6) is 0 Å². The minimum atomic E-state index is -1.40. The molecule has 0 amide bonds. The first-order chi connectivity index (χ1) is 7.91. The molecule has 0 aliphatic heterocycles. The third-order valence-corrected chi connectivity index (χ3v) is 3.08. The summed E-state index contributed by atoms with van der Waals surface area (Å²) in [7, 11) is 0. The van der Waals surface area contributed by atoms with E-state index in [2.05, 4.69) is 0 Å². The Bertz CT molecular complexity index is 414. The SMILES string of the molecule is CC(=O)SCC(O)C(O)c1cc(N)ccc1F. The zero-order valence-electron chi connectivity index (χ0n) is 9.26. The maximum Gasteiger partial charge on any atom is 0.185 e. The summed E-state index contributed by atoms with van der Waals surface area (Å²) in [6.07, 6.45) is -2.62. The number of halogens is 1. The normalized spacial score (nSPS) is 14.4. The lowest BCUT2D eigenvalue weighted by Gasteiger charge is -2.18. The molecule has 0 radical (unpaired) electrons. The number of hydrogen-bond acceptors (Lipinski definition) is 5. The van der Waals surface area contributed by atoms with Crippen molar-refractivity contribution in [2.24, 2.45) is 0 Å². The summed E-state index contributed by atoms with van der Waals surface area (Å²) in [5.74, 6) is -0.636. The molecule has 0 aliphatic rings. The molecule has 0 aliphatic carbocycles. The molecule has 1 aromatic carbocycles. The van der Waals surface area contributed by atoms with Gasteiger partial charge in [-0.3, -0.25) is 4.79 Å². The monoisotopic (exact) mass is 259 g/mol. The fourth-order valence-corrected chi connectivity index (χ4v) is 1.88. The molecule has 0 heterocycles. The third-order valence-electron chi connectivity index (χ3n) is 2.16. The van der Waals surface area contributed by atoms with E-state index < -0.39 is 18.0 Å². The number of nitrogens with two attached hydrogens (primary N) is 1. The average Bonchev–Trinajstić information content (AvgIpc) is 2.28. The van der Waals surface area contributed by atoms with Crippen LogP contribution >= 0.6 is 11.8 Å². The standard InChI is InChI=1S/C11H14FNO3S/c1-6(14)17-5-10(15)11(16)8-4-7(13)2-3-9(8)12/h2-4,10-11,15-16H,5,13H2,1H3. The molecule has 0 aromatic heterocycles. The van der Waals surface area contributed by atoms with Crippen molar-refractivity contribution >= 4 is 22.6 Å². The van der Waals surface area contributed by atoms with Gasteiger partial charge >= 0.3 is 0 Å². The summed E-state index contributed by atoms with van der Waals surface area (Å²) in [6, 6.07) is 3.75. The van der Waals surface area contributed by atoms with Crippen molar-refractivity contribution in [1.29, 1.82) is 0 Å². The molecule has 0 spiro atoms. The van der Waals surface area contributed by atoms with Gasteiger partial charge in [0.05, 0.1) is 6.10 Å². The van der Waals surface area contributed by atoms with Gasteiger partial charge in [0.2, 0.25) is 0 Å². The van der Waals surface area contributed by atoms with Crippen LogP contribution in [0.4, 0.5) is 10.1 Å². The summed E-state index contributed by atoms with van der Waals surface area (Å²) in [6.45, 7) is 1.35. The van der Waals surface area contributed by atoms with Crippen LogP contribution in [0.1, 0.15) is 18.6 Å². The first-order valence-corrected chi connectivity index (χ1v) is 5.94. The van der Waals surface area contributed by atoms with Crippen molar-refractivity contribution in [2.45, 2.75) is 19.1 Å². The second-order valence-corrected chi connectivity index (χ2v) is 4.79. The van der Waals surface area contributed by atoms with Crippen molar-refractivity contribution in [1.82, 2.24) is 0 Å². The molecule has 0 bridgehead atoms. The molecule has 4 nitrogen and oxygen atoms in total. The highest BCUT2D eigenvalue weighted by Crippen LogP contribution is 2.24. The predicted octanol–water partition coefficient (Wildman–Crippen LogP) is 1.08. The van der Waals surface area contributed by atoms with Crippen LogP contribution in [0.25, 0.3) is 0 Å². The van der Waals surface area contributed by atoms with Crippen molar-refractivity contribution in [3.63, 3.8) is 0 Å². The zero-order valence-corrected chi connectivity index (χ0v) is 10.1. The summed E-state index contributed by atoms with van der Waals surface area (Å²) in [5.41, 5.74) is 5.70. The number of aliphatic hydroxyl groups is 2. The van der Waals surface area contributed by atoms with Crippen LogP contribution in [0.3, 0.4) is 0 Å². The maximum absolute atomic E-state index is 13.4. The first-order valence-electron chi connectivity index (χ1n) is 4.96. The Kier molecular flexibility index (Phi) is 4.92. The maximum atomic E-state index is 13.4. The van der Waals surface area contributed by atoms with E-state index >= 15 is 0 Å². The number of aliphatic hydroxyl groups excluding tert-OH is 2. The third kappa shape index (κ3) is 3.99. The molecule has 6 heteroatoms. The lowest BCUT2D eigenvalue weighted by Crippen LogP contribution is -2.22. The number of carbonyl (C=O) groups is 1. The van der Waals surface area contributed by atoms with E-state index in [1.807, 2.05) is 0 Å². The highest BCUT2D eigenvalue weighted by molar-refractivity contribution is 8.13. The Labute approximate surface area is 103 Å². The van der Waals surface area contributed by atoms with Crippen molar-refractivity contribution in [3.05, 3.63) is 29.6 Å². The van der Waals surface area contributed by atoms with Crippen molar-refractivity contribution in [2.75, 3.05) is 11.5 Å². The minimum Gasteiger partial charge on any atom is -0.399 e. The predicted molar refractivity (Wildman–Crippen MR) is 64.9 cm³/mol. The van der Waals surface area contributed by atoms with Crippen LogP contribution in [-0.2, 0) is 4.79 Å². The summed E-state index contributed by atoms with van der Waals surface area (Å²) < 4.78 is 13.4. The second kappa shape index (κ2) is 6.00. The number of rotatable bonds is 4. The molecule has 2 unspecified atom stereocenters. The van der Waals surface area contributed by atoms with E-state index in [0.29, 0.717) is 5.69 Å². The second-order valence-electron chi connectivity index (χ2n) is 3.60. The van der Waals surface area contributed by atoms with E-state index in [1.165, 1.54) is 19.1 Å². The van der Waals surface area contributed by atoms with Gasteiger partial charge in [-0.25, -0.2) is 4.39 Å². The molecular formula is C11H14FNO3S. The Balaban J connectivity index is 2.77. The fraction of sp³-hybridized carbons (Fsp3) is 0.364. The number of carbonyl (C=O) groups excluding carboxylic acids is 1. The Morgan fingerprint density at radius 2 is 2.18 bits per heavy atom. The van der Waals surface area contributed by atoms with Gasteiger partial charge in [-0.15, -0.1) is 0 Å². The summed E-state index contributed by atoms with van der Waals surface area (Å²) >= 11 is 0.870. The van der Waals surface area contributed by atoms with E-state index in [1.54, 1.807) is 0 Å². The van der Waals surface area contributed by atoms with Crippen LogP contribution in [0, 0.1) is 5.82 Å². The number of nitrogen functional groups attached to an aromatic ring is 1. The van der Waals surface area contributed by atoms with Gasteiger partial charge in [-0.2, -0.15) is 0 Å². The molecular weight excluding hydrogens is 245 g/mol. The molecule has 1 rings (SSSR count). The van der Waals surface area contributed by atoms with Gasteiger partial charge in [0.25, 0.3) is 0 Å². The van der Waals surface area contributed by atoms with E-state index in [-0.39, 0.29) is 16.4 Å². The minimum absolute atomic E-state index is 0.00470. The van der Waals surface area contributed by atoms with Gasteiger partial charge < -0.3 is 15.9 Å². The highest BCUT2D eigenvalue weighted by Gasteiger charge is 2.22. The van der Waals surface area contributed by atoms with Crippen molar-refractivity contribution in [3.8, 4) is 0 Å². The zero-order chi connectivity index (χ0) is 13.0. The van der Waals surface area contributed by atoms with Crippen molar-refractivity contribution < 1.29 is 19.4 Å². The van der Waals surface area contributed by atoms with Crippen LogP contribution in [0.15, 0.2) is 18.2 Å². The Morgan fingerprint density at radius 1 is 1.53 bits per heavy atom. The molecule has 0 saturated heterocycles. The quantitative estimate of drug-likeness (QED) is 0.705. The fourth-order valence-electron chi connectivity index (χ4n) is 1.29. The lowest BCUT2D eigenvalue weighted by molar-refractivity contribution is -0.109. The number of hydrogen-bond donors (Lipinski definition) is 3. The smallest absolute Gasteiger partial charge is 0.185 e. The summed E-state index contributed by atoms with van der Waals surface area (Å²) in [4.78, 5) is 10.7. The molecule has 1 aromatic rings. The molecule has 0 saturated carbocycles. The number of benzene rings is 1. The van der Waals surface area contributed by atoms with E-state index in [9.17, 15) is 19.4 Å². The molecule has 94 valence electrons. The molecule has 0 fully saturated rings. The van der Waals surface area contributed by atoms with Gasteiger partial charge in [-0.1, -0.05) is 11.8 Å². The summed E-state index contributed by atoms with van der Waals surface area (Å²) in [5, 5.41) is 19.2. The van der Waals surface area contributed by atoms with Gasteiger partial charge in [0.15, 0.2) is 5.12 Å². The van der Waals surface area contributed by atoms with Gasteiger partial charge in [0, 0.05) is 23.9 Å². The van der Waals surface area contributed by atoms with Gasteiger partial charge in [0.1, 0.15) is 11.9 Å². The largest absolute Gasteiger partial charge is 0.399 e. The van der Waals surface area contributed by atoms with Crippen LogP contribution < -0.4 is 5.73 Å². The number of anilines is 1. The Morgan fingerprint density at radius 3 is 2.76 bits per heavy atom. The number of thioether (sulfide) groups is 1. The average molecular weight is 259 g/mol. The van der Waals surface area contributed by atoms with Gasteiger partial charge in [-0.05, 0) is 18.2 Å². The Hall–Kier alpha value is -1.11. The molecule has 17 heavy (non-hydrogen) atoms.